The number of fused-ring (bicyclic) bond motifs is 1. The van der Waals surface area contributed by atoms with Crippen LogP contribution in [0, 0.1) is 0 Å². The highest BCUT2D eigenvalue weighted by Gasteiger charge is 2.22. The summed E-state index contributed by atoms with van der Waals surface area (Å²) in [6, 6.07) is 14.2. The number of rotatable bonds is 7. The maximum Gasteiger partial charge on any atom is 0.329 e. The van der Waals surface area contributed by atoms with Crippen LogP contribution in [0.2, 0.25) is 0 Å². The number of carbonyl (C=O) groups is 1. The van der Waals surface area contributed by atoms with Gasteiger partial charge in [-0.2, -0.15) is 0 Å². The van der Waals surface area contributed by atoms with Crippen LogP contribution in [-0.4, -0.2) is 21.9 Å². The average molecular weight is 381 g/mol. The number of carbonyl (C=O) groups excluding carboxylic acids is 1. The lowest BCUT2D eigenvalue weighted by Crippen LogP contribution is -2.86. The van der Waals surface area contributed by atoms with Crippen LogP contribution < -0.4 is 22.3 Å². The summed E-state index contributed by atoms with van der Waals surface area (Å²) >= 11 is 0. The van der Waals surface area contributed by atoms with Gasteiger partial charge in [-0.15, -0.1) is 0 Å². The minimum atomic E-state index is -0.730. The number of Topliss-reactive ketones (excluding diaryl/α,β-unsaturated/α-hetero) is 1. The van der Waals surface area contributed by atoms with Crippen molar-refractivity contribution in [3.8, 4) is 0 Å². The van der Waals surface area contributed by atoms with Crippen molar-refractivity contribution in [1.29, 1.82) is 0 Å². The van der Waals surface area contributed by atoms with Gasteiger partial charge in [0.05, 0.1) is 0 Å². The third-order valence-corrected chi connectivity index (χ3v) is 4.94. The number of aromatic amines is 1. The zero-order valence-electron chi connectivity index (χ0n) is 16.1. The summed E-state index contributed by atoms with van der Waals surface area (Å²) in [5.74, 6) is -0.456. The first-order chi connectivity index (χ1) is 13.4. The van der Waals surface area contributed by atoms with E-state index in [-0.39, 0.29) is 24.0 Å². The quantitative estimate of drug-likeness (QED) is 0.533. The number of benzene rings is 2. The molecule has 1 aromatic heterocycles. The highest BCUT2D eigenvalue weighted by atomic mass is 16.2. The molecule has 0 aliphatic carbocycles. The molecule has 146 valence electrons. The number of hydrogen-bond donors (Lipinski definition) is 3. The number of hydrogen-bond acceptors (Lipinski definition) is 4. The Morgan fingerprint density at radius 3 is 2.64 bits per heavy atom. The Labute approximate surface area is 162 Å². The molecule has 0 aliphatic rings. The van der Waals surface area contributed by atoms with Crippen molar-refractivity contribution in [3.05, 3.63) is 74.4 Å². The molecular formula is C21H25N4O3+. The van der Waals surface area contributed by atoms with E-state index in [4.69, 9.17) is 5.73 Å². The van der Waals surface area contributed by atoms with E-state index in [1.165, 1.54) is 4.57 Å². The Morgan fingerprint density at radius 1 is 1.18 bits per heavy atom. The molecule has 0 amide bonds. The number of nitrogens with zero attached hydrogens (tertiary/aromatic N) is 1. The van der Waals surface area contributed by atoms with Crippen LogP contribution in [0.4, 0.5) is 5.82 Å². The SMILES string of the molecule is CCCn1c(N)c(C(=O)C[NH2+][C@H](C)c2cccc3ccccc23)c(=O)[nH]c1=O. The van der Waals surface area contributed by atoms with Crippen molar-refractivity contribution >= 4 is 22.4 Å². The van der Waals surface area contributed by atoms with E-state index >= 15 is 0 Å². The summed E-state index contributed by atoms with van der Waals surface area (Å²) in [5, 5.41) is 4.15. The minimum Gasteiger partial charge on any atom is -0.384 e. The Bertz CT molecular complexity index is 1130. The van der Waals surface area contributed by atoms with Gasteiger partial charge >= 0.3 is 5.69 Å². The lowest BCUT2D eigenvalue weighted by molar-refractivity contribution is -0.681. The first-order valence-electron chi connectivity index (χ1n) is 9.40. The van der Waals surface area contributed by atoms with Crippen LogP contribution in [-0.2, 0) is 6.54 Å². The normalized spacial score (nSPS) is 12.2. The molecule has 0 bridgehead atoms. The molecule has 3 rings (SSSR count). The van der Waals surface area contributed by atoms with Gasteiger partial charge in [0.15, 0.2) is 0 Å². The first kappa shape index (κ1) is 19.6. The predicted octanol–water partition coefficient (Wildman–Crippen LogP) is 1.19. The molecule has 3 aromatic rings. The zero-order valence-corrected chi connectivity index (χ0v) is 16.1. The monoisotopic (exact) mass is 381 g/mol. The van der Waals surface area contributed by atoms with Gasteiger partial charge in [-0.05, 0) is 24.1 Å². The van der Waals surface area contributed by atoms with Gasteiger partial charge in [0.2, 0.25) is 5.78 Å². The van der Waals surface area contributed by atoms with Gasteiger partial charge in [0, 0.05) is 12.1 Å². The molecule has 0 unspecified atom stereocenters. The van der Waals surface area contributed by atoms with E-state index in [1.54, 1.807) is 0 Å². The van der Waals surface area contributed by atoms with E-state index in [2.05, 4.69) is 11.1 Å². The molecule has 7 nitrogen and oxygen atoms in total. The number of aromatic nitrogens is 2. The molecule has 7 heteroatoms. The number of ketones is 1. The van der Waals surface area contributed by atoms with E-state index in [1.807, 2.05) is 55.6 Å². The van der Waals surface area contributed by atoms with Crippen molar-refractivity contribution in [3.63, 3.8) is 0 Å². The van der Waals surface area contributed by atoms with Crippen LogP contribution in [0.5, 0.6) is 0 Å². The lowest BCUT2D eigenvalue weighted by Gasteiger charge is -2.14. The van der Waals surface area contributed by atoms with Crippen molar-refractivity contribution in [2.45, 2.75) is 32.9 Å². The Kier molecular flexibility index (Phi) is 5.75. The van der Waals surface area contributed by atoms with E-state index in [0.717, 1.165) is 16.3 Å². The van der Waals surface area contributed by atoms with Crippen LogP contribution in [0.3, 0.4) is 0 Å². The van der Waals surface area contributed by atoms with Crippen LogP contribution >= 0.6 is 0 Å². The summed E-state index contributed by atoms with van der Waals surface area (Å²) in [6.45, 7) is 4.30. The molecule has 28 heavy (non-hydrogen) atoms. The molecule has 0 saturated heterocycles. The van der Waals surface area contributed by atoms with Gasteiger partial charge in [-0.25, -0.2) is 4.79 Å². The van der Waals surface area contributed by atoms with E-state index < -0.39 is 17.0 Å². The number of nitrogens with one attached hydrogen (secondary N) is 1. The zero-order chi connectivity index (χ0) is 20.3. The third kappa shape index (κ3) is 3.75. The van der Waals surface area contributed by atoms with Gasteiger partial charge < -0.3 is 11.1 Å². The summed E-state index contributed by atoms with van der Waals surface area (Å²) < 4.78 is 1.24. The van der Waals surface area contributed by atoms with Gasteiger partial charge in [0.1, 0.15) is 24.0 Å². The fraction of sp³-hybridized carbons (Fsp3) is 0.286. The molecule has 0 aliphatic heterocycles. The topological polar surface area (TPSA) is 115 Å². The number of H-pyrrole nitrogens is 1. The number of nitrogen functional groups attached to an aromatic ring is 1. The smallest absolute Gasteiger partial charge is 0.329 e. The van der Waals surface area contributed by atoms with E-state index in [0.29, 0.717) is 13.0 Å². The Hall–Kier alpha value is -3.19. The number of quaternary nitrogens is 1. The lowest BCUT2D eigenvalue weighted by atomic mass is 9.99. The second kappa shape index (κ2) is 8.22. The number of nitrogens with two attached hydrogens (primary N) is 2. The molecule has 0 radical (unpaired) electrons. The molecular weight excluding hydrogens is 356 g/mol. The summed E-state index contributed by atoms with van der Waals surface area (Å²) in [7, 11) is 0. The van der Waals surface area contributed by atoms with Crippen molar-refractivity contribution in [2.75, 3.05) is 12.3 Å². The molecule has 0 spiro atoms. The standard InChI is InChI=1S/C21H24N4O3/c1-3-11-25-19(22)18(20(27)24-21(25)28)17(26)12-23-13(2)15-10-6-8-14-7-4-5-9-16(14)15/h4-10,13,23H,3,11-12,22H2,1-2H3,(H,24,27,28)/p+1/t13-/m1/s1. The summed E-state index contributed by atoms with van der Waals surface area (Å²) in [6.07, 6.45) is 0.661. The molecule has 1 atom stereocenters. The molecule has 1 heterocycles. The van der Waals surface area contributed by atoms with Crippen LogP contribution in [0.15, 0.2) is 52.1 Å². The maximum atomic E-state index is 12.7. The molecule has 0 saturated carbocycles. The van der Waals surface area contributed by atoms with Crippen molar-refractivity contribution in [1.82, 2.24) is 9.55 Å². The highest BCUT2D eigenvalue weighted by molar-refractivity contribution is 6.00. The second-order valence-corrected chi connectivity index (χ2v) is 6.89. The molecule has 2 aromatic carbocycles. The second-order valence-electron chi connectivity index (χ2n) is 6.89. The molecule has 0 fully saturated rings. The van der Waals surface area contributed by atoms with Crippen LogP contribution in [0.25, 0.3) is 10.8 Å². The van der Waals surface area contributed by atoms with Gasteiger partial charge in [-0.1, -0.05) is 49.4 Å². The summed E-state index contributed by atoms with van der Waals surface area (Å²) in [4.78, 5) is 39.0. The predicted molar refractivity (Wildman–Crippen MR) is 110 cm³/mol. The first-order valence-corrected chi connectivity index (χ1v) is 9.40. The van der Waals surface area contributed by atoms with Crippen molar-refractivity contribution < 1.29 is 10.1 Å². The maximum absolute atomic E-state index is 12.7. The third-order valence-electron chi connectivity index (χ3n) is 4.94. The largest absolute Gasteiger partial charge is 0.384 e. The number of anilines is 1. The molecule has 5 N–H and O–H groups in total. The Morgan fingerprint density at radius 2 is 1.89 bits per heavy atom. The van der Waals surface area contributed by atoms with Gasteiger partial charge in [0.25, 0.3) is 5.56 Å². The summed E-state index contributed by atoms with van der Waals surface area (Å²) in [5.41, 5.74) is 5.62. The average Bonchev–Trinajstić information content (AvgIpc) is 2.68. The van der Waals surface area contributed by atoms with Crippen molar-refractivity contribution in [2.24, 2.45) is 0 Å². The van der Waals surface area contributed by atoms with Gasteiger partial charge in [-0.3, -0.25) is 19.1 Å². The fourth-order valence-corrected chi connectivity index (χ4v) is 3.46. The van der Waals surface area contributed by atoms with E-state index in [9.17, 15) is 14.4 Å². The minimum absolute atomic E-state index is 0.0110. The highest BCUT2D eigenvalue weighted by Crippen LogP contribution is 2.22. The Balaban J connectivity index is 1.83. The fourth-order valence-electron chi connectivity index (χ4n) is 3.46. The van der Waals surface area contributed by atoms with Crippen LogP contribution in [0.1, 0.15) is 42.2 Å².